The normalized spacial score (nSPS) is 20.3. The third kappa shape index (κ3) is 4.96. The number of nitrogens with two attached hydrogens (primary N) is 1. The zero-order valence-electron chi connectivity index (χ0n) is 18.6. The molecule has 1 saturated heterocycles. The number of H-pyrrole nitrogens is 1. The Bertz CT molecular complexity index is 1250. The summed E-state index contributed by atoms with van der Waals surface area (Å²) in [6.07, 6.45) is 0.908. The van der Waals surface area contributed by atoms with Crippen molar-refractivity contribution in [2.45, 2.75) is 25.4 Å². The second-order valence-electron chi connectivity index (χ2n) is 8.46. The molecule has 0 atom stereocenters. The Kier molecular flexibility index (Phi) is 6.06. The molecule has 174 valence electrons. The highest BCUT2D eigenvalue weighted by atomic mass is 19.1. The molecule has 3 N–H and O–H groups in total. The van der Waals surface area contributed by atoms with E-state index in [4.69, 9.17) is 24.9 Å². The van der Waals surface area contributed by atoms with Gasteiger partial charge in [0, 0.05) is 11.8 Å². The van der Waals surface area contributed by atoms with Gasteiger partial charge in [-0.15, -0.1) is 0 Å². The molecule has 0 saturated carbocycles. The first-order valence-corrected chi connectivity index (χ1v) is 10.8. The number of imidazole rings is 1. The number of halogens is 1. The molecule has 1 fully saturated rings. The largest absolute Gasteiger partial charge is 0.459 e. The molecule has 4 aromatic rings. The number of benzene rings is 2. The number of aromatic nitrogens is 4. The molecule has 0 aliphatic carbocycles. The predicted molar refractivity (Wildman–Crippen MR) is 123 cm³/mol. The second-order valence-corrected chi connectivity index (χ2v) is 8.46. The van der Waals surface area contributed by atoms with Gasteiger partial charge in [0.05, 0.1) is 35.8 Å². The van der Waals surface area contributed by atoms with Crippen LogP contribution in [0, 0.1) is 5.82 Å². The molecule has 8 nitrogen and oxygen atoms in total. The van der Waals surface area contributed by atoms with Crippen molar-refractivity contribution in [3.05, 3.63) is 84.1 Å². The monoisotopic (exact) mass is 461 g/mol. The topological polar surface area (TPSA) is 108 Å². The summed E-state index contributed by atoms with van der Waals surface area (Å²) >= 11 is 0. The summed E-state index contributed by atoms with van der Waals surface area (Å²) in [7, 11) is 0. The molecule has 0 bridgehead atoms. The van der Waals surface area contributed by atoms with Crippen molar-refractivity contribution >= 4 is 0 Å². The second kappa shape index (κ2) is 9.30. The minimum atomic E-state index is -0.708. The fourth-order valence-electron chi connectivity index (χ4n) is 3.56. The molecule has 34 heavy (non-hydrogen) atoms. The van der Waals surface area contributed by atoms with E-state index in [1.54, 1.807) is 24.4 Å². The van der Waals surface area contributed by atoms with Crippen molar-refractivity contribution in [3.63, 3.8) is 0 Å². The van der Waals surface area contributed by atoms with Gasteiger partial charge in [0.2, 0.25) is 6.29 Å². The number of rotatable bonds is 6. The minimum absolute atomic E-state index is 0.228. The Hall–Kier alpha value is -3.66. The molecule has 0 unspecified atom stereocenters. The molecule has 0 spiro atoms. The number of ether oxygens (including phenoxy) is 3. The van der Waals surface area contributed by atoms with Crippen molar-refractivity contribution in [3.8, 4) is 28.7 Å². The highest BCUT2D eigenvalue weighted by Gasteiger charge is 2.32. The van der Waals surface area contributed by atoms with E-state index in [1.165, 1.54) is 12.1 Å². The molecule has 9 heteroatoms. The standard InChI is InChI=1S/C25H24FN5O3/c1-25(27)14-33-23(34-15-25)22-30-20(17-7-9-18(26)10-8-17)21(31-22)19-11-12-28-24(29-19)32-13-16-5-3-2-4-6-16/h2-12,23H,13-15,27H2,1H3,(H,30,31). The summed E-state index contributed by atoms with van der Waals surface area (Å²) in [5.74, 6) is 0.135. The maximum atomic E-state index is 13.6. The molecule has 5 rings (SSSR count). The first-order chi connectivity index (χ1) is 16.5. The highest BCUT2D eigenvalue weighted by Crippen LogP contribution is 2.33. The zero-order chi connectivity index (χ0) is 23.5. The van der Waals surface area contributed by atoms with Crippen LogP contribution in [0.4, 0.5) is 4.39 Å². The number of nitrogens with one attached hydrogen (secondary N) is 1. The number of hydrogen-bond acceptors (Lipinski definition) is 7. The first-order valence-electron chi connectivity index (χ1n) is 10.8. The van der Waals surface area contributed by atoms with E-state index < -0.39 is 11.8 Å². The SMILES string of the molecule is CC1(N)COC(c2nc(-c3ccc(F)cc3)c(-c3ccnc(OCc4ccccc4)n3)[nH]2)OC1. The molecular formula is C25H24FN5O3. The number of hydrogen-bond donors (Lipinski definition) is 2. The van der Waals surface area contributed by atoms with Crippen LogP contribution < -0.4 is 10.5 Å². The summed E-state index contributed by atoms with van der Waals surface area (Å²) in [4.78, 5) is 16.8. The van der Waals surface area contributed by atoms with Crippen LogP contribution in [0.15, 0.2) is 66.9 Å². The summed E-state index contributed by atoms with van der Waals surface area (Å²) in [5.41, 5.74) is 9.00. The van der Waals surface area contributed by atoms with Gasteiger partial charge in [0.15, 0.2) is 5.82 Å². The van der Waals surface area contributed by atoms with Crippen LogP contribution in [0.2, 0.25) is 0 Å². The zero-order valence-corrected chi connectivity index (χ0v) is 18.6. The average Bonchev–Trinajstić information content (AvgIpc) is 3.29. The van der Waals surface area contributed by atoms with Gasteiger partial charge in [-0.2, -0.15) is 4.98 Å². The lowest BCUT2D eigenvalue weighted by Gasteiger charge is -2.33. The first kappa shape index (κ1) is 22.1. The average molecular weight is 461 g/mol. The maximum absolute atomic E-state index is 13.6. The fourth-order valence-corrected chi connectivity index (χ4v) is 3.56. The fraction of sp³-hybridized carbons (Fsp3) is 0.240. The Morgan fingerprint density at radius 2 is 1.79 bits per heavy atom. The Balaban J connectivity index is 1.47. The van der Waals surface area contributed by atoms with Gasteiger partial charge in [-0.05, 0) is 42.8 Å². The molecule has 1 aliphatic rings. The molecule has 2 aromatic heterocycles. The third-order valence-corrected chi connectivity index (χ3v) is 5.29. The Morgan fingerprint density at radius 1 is 1.06 bits per heavy atom. The maximum Gasteiger partial charge on any atom is 0.317 e. The van der Waals surface area contributed by atoms with Gasteiger partial charge in [0.25, 0.3) is 0 Å². The molecular weight excluding hydrogens is 437 g/mol. The van der Waals surface area contributed by atoms with Crippen molar-refractivity contribution in [2.75, 3.05) is 13.2 Å². The van der Waals surface area contributed by atoms with Crippen LogP contribution >= 0.6 is 0 Å². The van der Waals surface area contributed by atoms with Crippen molar-refractivity contribution in [1.82, 2.24) is 19.9 Å². The minimum Gasteiger partial charge on any atom is -0.459 e. The number of aromatic amines is 1. The summed E-state index contributed by atoms with van der Waals surface area (Å²) in [6, 6.07) is 17.8. The summed E-state index contributed by atoms with van der Waals surface area (Å²) in [6.45, 7) is 2.85. The van der Waals surface area contributed by atoms with E-state index in [0.29, 0.717) is 48.3 Å². The predicted octanol–water partition coefficient (Wildman–Crippen LogP) is 4.01. The van der Waals surface area contributed by atoms with Crippen molar-refractivity contribution in [2.24, 2.45) is 5.73 Å². The van der Waals surface area contributed by atoms with Gasteiger partial charge in [-0.1, -0.05) is 30.3 Å². The van der Waals surface area contributed by atoms with Gasteiger partial charge < -0.3 is 24.9 Å². The molecule has 1 aliphatic heterocycles. The van der Waals surface area contributed by atoms with Crippen LogP contribution in [0.5, 0.6) is 6.01 Å². The van der Waals surface area contributed by atoms with Crippen LogP contribution in [0.1, 0.15) is 24.6 Å². The molecule has 2 aromatic carbocycles. The smallest absolute Gasteiger partial charge is 0.317 e. The molecule has 0 amide bonds. The molecule has 3 heterocycles. The quantitative estimate of drug-likeness (QED) is 0.447. The van der Waals surface area contributed by atoms with Crippen LogP contribution in [0.3, 0.4) is 0 Å². The van der Waals surface area contributed by atoms with E-state index >= 15 is 0 Å². The van der Waals surface area contributed by atoms with Gasteiger partial charge in [-0.25, -0.2) is 14.4 Å². The Labute approximate surface area is 196 Å². The van der Waals surface area contributed by atoms with Gasteiger partial charge >= 0.3 is 6.01 Å². The third-order valence-electron chi connectivity index (χ3n) is 5.29. The van der Waals surface area contributed by atoms with E-state index in [1.807, 2.05) is 37.3 Å². The van der Waals surface area contributed by atoms with Crippen LogP contribution in [-0.4, -0.2) is 38.7 Å². The lowest BCUT2D eigenvalue weighted by molar-refractivity contribution is -0.211. The van der Waals surface area contributed by atoms with Crippen LogP contribution in [-0.2, 0) is 16.1 Å². The van der Waals surface area contributed by atoms with Crippen LogP contribution in [0.25, 0.3) is 22.6 Å². The molecule has 0 radical (unpaired) electrons. The van der Waals surface area contributed by atoms with Crippen molar-refractivity contribution in [1.29, 1.82) is 0 Å². The summed E-state index contributed by atoms with van der Waals surface area (Å²) < 4.78 is 30.9. The van der Waals surface area contributed by atoms with Gasteiger partial charge in [-0.3, -0.25) is 0 Å². The number of nitrogens with zero attached hydrogens (tertiary/aromatic N) is 3. The van der Waals surface area contributed by atoms with E-state index in [-0.39, 0.29) is 11.8 Å². The van der Waals surface area contributed by atoms with E-state index in [9.17, 15) is 4.39 Å². The van der Waals surface area contributed by atoms with E-state index in [2.05, 4.69) is 15.0 Å². The Morgan fingerprint density at radius 3 is 2.53 bits per heavy atom. The lowest BCUT2D eigenvalue weighted by Crippen LogP contribution is -2.50. The lowest BCUT2D eigenvalue weighted by atomic mass is 10.1. The van der Waals surface area contributed by atoms with Gasteiger partial charge in [0.1, 0.15) is 12.4 Å². The van der Waals surface area contributed by atoms with Crippen molar-refractivity contribution < 1.29 is 18.6 Å². The summed E-state index contributed by atoms with van der Waals surface area (Å²) in [5, 5.41) is 0. The van der Waals surface area contributed by atoms with E-state index in [0.717, 1.165) is 5.56 Å². The highest BCUT2D eigenvalue weighted by molar-refractivity contribution is 5.76.